The Morgan fingerprint density at radius 2 is 1.79 bits per heavy atom. The molecule has 0 unspecified atom stereocenters. The van der Waals surface area contributed by atoms with Crippen molar-refractivity contribution in [2.45, 2.75) is 12.8 Å². The molecule has 0 aromatic carbocycles. The van der Waals surface area contributed by atoms with Crippen LogP contribution in [0.2, 0.25) is 0 Å². The molecule has 1 saturated heterocycles. The predicted octanol–water partition coefficient (Wildman–Crippen LogP) is 0.0578. The van der Waals surface area contributed by atoms with Gasteiger partial charge in [-0.25, -0.2) is 4.79 Å². The molecule has 1 heterocycles. The Morgan fingerprint density at radius 3 is 2.26 bits per heavy atom. The molecule has 1 N–H and O–H groups in total. The summed E-state index contributed by atoms with van der Waals surface area (Å²) >= 11 is 0. The lowest BCUT2D eigenvalue weighted by atomic mass is 9.95. The molecule has 1 aliphatic rings. The van der Waals surface area contributed by atoms with Crippen LogP contribution in [0, 0.1) is 5.92 Å². The normalized spacial score (nSPS) is 16.3. The van der Waals surface area contributed by atoms with Gasteiger partial charge in [-0.1, -0.05) is 0 Å². The summed E-state index contributed by atoms with van der Waals surface area (Å²) in [6.07, 6.45) is 1.53. The smallest absolute Gasteiger partial charge is 0.319 e. The summed E-state index contributed by atoms with van der Waals surface area (Å²) < 4.78 is 0. The molecule has 3 amide bonds. The van der Waals surface area contributed by atoms with E-state index in [1.165, 1.54) is 0 Å². The molecule has 1 fully saturated rings. The predicted molar refractivity (Wildman–Crippen MR) is 74.9 cm³/mol. The molecule has 110 valence electrons. The molecule has 1 rings (SSSR count). The zero-order valence-corrected chi connectivity index (χ0v) is 12.5. The Balaban J connectivity index is 2.41. The molecular weight excluding hydrogens is 244 g/mol. The quantitative estimate of drug-likeness (QED) is 0.786. The highest BCUT2D eigenvalue weighted by atomic mass is 16.2. The highest BCUT2D eigenvalue weighted by Crippen LogP contribution is 2.19. The van der Waals surface area contributed by atoms with Crippen LogP contribution >= 0.6 is 0 Å². The average molecular weight is 270 g/mol. The van der Waals surface area contributed by atoms with E-state index in [-0.39, 0.29) is 17.9 Å². The molecule has 19 heavy (non-hydrogen) atoms. The van der Waals surface area contributed by atoms with E-state index in [1.54, 1.807) is 23.9 Å². The number of rotatable bonds is 4. The minimum absolute atomic E-state index is 0.0365. The highest BCUT2D eigenvalue weighted by molar-refractivity contribution is 5.79. The van der Waals surface area contributed by atoms with Crippen LogP contribution in [0.25, 0.3) is 0 Å². The van der Waals surface area contributed by atoms with Gasteiger partial charge in [0, 0.05) is 53.2 Å². The number of amides is 3. The summed E-state index contributed by atoms with van der Waals surface area (Å²) in [6, 6.07) is 0.0365. The van der Waals surface area contributed by atoms with Gasteiger partial charge in [0.15, 0.2) is 0 Å². The molecule has 0 saturated carbocycles. The zero-order valence-electron chi connectivity index (χ0n) is 12.5. The Hall–Kier alpha value is -1.30. The largest absolute Gasteiger partial charge is 0.344 e. The van der Waals surface area contributed by atoms with E-state index in [1.807, 2.05) is 19.0 Å². The van der Waals surface area contributed by atoms with Gasteiger partial charge < -0.3 is 20.0 Å². The van der Waals surface area contributed by atoms with Crippen molar-refractivity contribution in [3.63, 3.8) is 0 Å². The van der Waals surface area contributed by atoms with Crippen LogP contribution in [-0.2, 0) is 4.79 Å². The number of carbonyl (C=O) groups is 2. The van der Waals surface area contributed by atoms with Crippen LogP contribution in [0.5, 0.6) is 0 Å². The minimum atomic E-state index is 0.0365. The molecule has 1 aliphatic heterocycles. The molecule has 0 aliphatic carbocycles. The number of nitrogens with one attached hydrogen (secondary N) is 1. The van der Waals surface area contributed by atoms with Gasteiger partial charge in [0.1, 0.15) is 0 Å². The van der Waals surface area contributed by atoms with E-state index in [2.05, 4.69) is 5.32 Å². The summed E-state index contributed by atoms with van der Waals surface area (Å²) in [7, 11) is 7.23. The number of hydrogen-bond donors (Lipinski definition) is 1. The first-order valence-electron chi connectivity index (χ1n) is 6.83. The van der Waals surface area contributed by atoms with E-state index in [4.69, 9.17) is 0 Å². The SMILES string of the molecule is CNCCN(C)C(=O)C1CCN(C(=O)N(C)C)CC1. The summed E-state index contributed by atoms with van der Waals surface area (Å²) in [5.74, 6) is 0.264. The topological polar surface area (TPSA) is 55.9 Å². The van der Waals surface area contributed by atoms with E-state index in [0.717, 1.165) is 25.9 Å². The summed E-state index contributed by atoms with van der Waals surface area (Å²) in [5, 5.41) is 3.04. The molecule has 0 spiro atoms. The molecule has 0 aromatic rings. The maximum absolute atomic E-state index is 12.2. The van der Waals surface area contributed by atoms with E-state index < -0.39 is 0 Å². The van der Waals surface area contributed by atoms with Gasteiger partial charge in [-0.05, 0) is 19.9 Å². The first-order chi connectivity index (χ1) is 8.97. The molecule has 6 heteroatoms. The molecule has 0 aromatic heterocycles. The second kappa shape index (κ2) is 7.33. The lowest BCUT2D eigenvalue weighted by Crippen LogP contribution is -2.47. The first kappa shape index (κ1) is 15.8. The third-order valence-electron chi connectivity index (χ3n) is 3.57. The average Bonchev–Trinajstić information content (AvgIpc) is 2.43. The van der Waals surface area contributed by atoms with Crippen molar-refractivity contribution in [3.8, 4) is 0 Å². The Kier molecular flexibility index (Phi) is 6.08. The third kappa shape index (κ3) is 4.38. The molecule has 0 radical (unpaired) electrons. The van der Waals surface area contributed by atoms with Crippen molar-refractivity contribution < 1.29 is 9.59 Å². The monoisotopic (exact) mass is 270 g/mol. The van der Waals surface area contributed by atoms with Crippen molar-refractivity contribution in [1.82, 2.24) is 20.0 Å². The molecule has 0 bridgehead atoms. The zero-order chi connectivity index (χ0) is 14.4. The summed E-state index contributed by atoms with van der Waals surface area (Å²) in [6.45, 7) is 2.88. The van der Waals surface area contributed by atoms with Gasteiger partial charge >= 0.3 is 6.03 Å². The van der Waals surface area contributed by atoms with Gasteiger partial charge in [0.2, 0.25) is 5.91 Å². The number of hydrogen-bond acceptors (Lipinski definition) is 3. The lowest BCUT2D eigenvalue weighted by molar-refractivity contribution is -0.135. The molecule has 6 nitrogen and oxygen atoms in total. The summed E-state index contributed by atoms with van der Waals surface area (Å²) in [4.78, 5) is 29.2. The third-order valence-corrected chi connectivity index (χ3v) is 3.57. The fraction of sp³-hybridized carbons (Fsp3) is 0.846. The highest BCUT2D eigenvalue weighted by Gasteiger charge is 2.29. The second-order valence-electron chi connectivity index (χ2n) is 5.30. The van der Waals surface area contributed by atoms with Gasteiger partial charge in [0.05, 0.1) is 0 Å². The minimum Gasteiger partial charge on any atom is -0.344 e. The van der Waals surface area contributed by atoms with Crippen LogP contribution < -0.4 is 5.32 Å². The number of piperidine rings is 1. The van der Waals surface area contributed by atoms with Crippen molar-refractivity contribution in [2.24, 2.45) is 5.92 Å². The van der Waals surface area contributed by atoms with Crippen LogP contribution in [0.4, 0.5) is 4.79 Å². The first-order valence-corrected chi connectivity index (χ1v) is 6.83. The maximum Gasteiger partial charge on any atom is 0.319 e. The van der Waals surface area contributed by atoms with Crippen molar-refractivity contribution in [3.05, 3.63) is 0 Å². The standard InChI is InChI=1S/C13H26N4O2/c1-14-7-10-16(4)12(18)11-5-8-17(9-6-11)13(19)15(2)3/h11,14H,5-10H2,1-4H3. The molecular formula is C13H26N4O2. The number of likely N-dealkylation sites (tertiary alicyclic amines) is 1. The Morgan fingerprint density at radius 1 is 1.21 bits per heavy atom. The Bertz CT molecular complexity index is 312. The Labute approximate surface area is 115 Å². The van der Waals surface area contributed by atoms with Crippen LogP contribution in [0.15, 0.2) is 0 Å². The number of carbonyl (C=O) groups excluding carboxylic acids is 2. The van der Waals surface area contributed by atoms with Gasteiger partial charge in [-0.3, -0.25) is 4.79 Å². The summed E-state index contributed by atoms with van der Waals surface area (Å²) in [5.41, 5.74) is 0. The van der Waals surface area contributed by atoms with Gasteiger partial charge in [-0.15, -0.1) is 0 Å². The van der Waals surface area contributed by atoms with Crippen LogP contribution in [-0.4, -0.2) is 81.0 Å². The van der Waals surface area contributed by atoms with Crippen molar-refractivity contribution in [1.29, 1.82) is 0 Å². The molecule has 0 atom stereocenters. The maximum atomic E-state index is 12.2. The fourth-order valence-corrected chi connectivity index (χ4v) is 2.30. The number of likely N-dealkylation sites (N-methyl/N-ethyl adjacent to an activating group) is 2. The lowest BCUT2D eigenvalue weighted by Gasteiger charge is -2.34. The van der Waals surface area contributed by atoms with Crippen molar-refractivity contribution >= 4 is 11.9 Å². The second-order valence-corrected chi connectivity index (χ2v) is 5.30. The number of urea groups is 1. The van der Waals surface area contributed by atoms with E-state index in [0.29, 0.717) is 13.1 Å². The fourth-order valence-electron chi connectivity index (χ4n) is 2.30. The van der Waals surface area contributed by atoms with Gasteiger partial charge in [0.25, 0.3) is 0 Å². The van der Waals surface area contributed by atoms with Crippen LogP contribution in [0.3, 0.4) is 0 Å². The van der Waals surface area contributed by atoms with Crippen molar-refractivity contribution in [2.75, 3.05) is 54.4 Å². The van der Waals surface area contributed by atoms with E-state index >= 15 is 0 Å². The van der Waals surface area contributed by atoms with Gasteiger partial charge in [-0.2, -0.15) is 0 Å². The van der Waals surface area contributed by atoms with E-state index in [9.17, 15) is 9.59 Å². The van der Waals surface area contributed by atoms with Crippen LogP contribution in [0.1, 0.15) is 12.8 Å². The number of nitrogens with zero attached hydrogens (tertiary/aromatic N) is 3.